The number of hydrogen-bond donors (Lipinski definition) is 0. The molecular weight excluding hydrogens is 140 g/mol. The van der Waals surface area contributed by atoms with Crippen LogP contribution in [0.5, 0.6) is 0 Å². The molecule has 2 rings (SSSR count). The van der Waals surface area contributed by atoms with E-state index in [1.54, 1.807) is 0 Å². The van der Waals surface area contributed by atoms with Crippen LogP contribution in [-0.2, 0) is 9.53 Å². The van der Waals surface area contributed by atoms with Gasteiger partial charge in [-0.05, 0) is 32.1 Å². The lowest BCUT2D eigenvalue weighted by atomic mass is 9.99. The Hall–Kier alpha value is -0.370. The minimum atomic E-state index is -0.134. The molecule has 11 heavy (non-hydrogen) atoms. The van der Waals surface area contributed by atoms with Crippen molar-refractivity contribution < 1.29 is 9.53 Å². The van der Waals surface area contributed by atoms with Crippen LogP contribution in [0.15, 0.2) is 0 Å². The van der Waals surface area contributed by atoms with Gasteiger partial charge in [-0.1, -0.05) is 0 Å². The summed E-state index contributed by atoms with van der Waals surface area (Å²) in [6.07, 6.45) is 3.26. The first-order chi connectivity index (χ1) is 5.27. The third kappa shape index (κ3) is 1.20. The summed E-state index contributed by atoms with van der Waals surface area (Å²) in [5.41, 5.74) is 0. The first kappa shape index (κ1) is 7.29. The summed E-state index contributed by atoms with van der Waals surface area (Å²) < 4.78 is 5.40. The van der Waals surface area contributed by atoms with E-state index in [1.807, 2.05) is 6.92 Å². The van der Waals surface area contributed by atoms with Gasteiger partial charge in [0, 0.05) is 5.92 Å². The number of fused-ring (bicyclic) bond motifs is 2. The van der Waals surface area contributed by atoms with Crippen LogP contribution < -0.4 is 0 Å². The van der Waals surface area contributed by atoms with Gasteiger partial charge in [0.05, 0.1) is 6.61 Å². The average molecular weight is 154 g/mol. The molecular formula is C9H14O2. The van der Waals surface area contributed by atoms with Crippen LogP contribution in [0.3, 0.4) is 0 Å². The van der Waals surface area contributed by atoms with Crippen LogP contribution in [-0.4, -0.2) is 18.5 Å². The van der Waals surface area contributed by atoms with Gasteiger partial charge in [0.1, 0.15) is 6.10 Å². The lowest BCUT2D eigenvalue weighted by Gasteiger charge is -2.14. The molecule has 1 aliphatic heterocycles. The lowest BCUT2D eigenvalue weighted by Crippen LogP contribution is -2.25. The van der Waals surface area contributed by atoms with Gasteiger partial charge in [-0.3, -0.25) is 4.79 Å². The van der Waals surface area contributed by atoms with Crippen LogP contribution in [0, 0.1) is 11.8 Å². The Morgan fingerprint density at radius 3 is 3.09 bits per heavy atom. The molecule has 0 aromatic heterocycles. The van der Waals surface area contributed by atoms with Gasteiger partial charge in [-0.15, -0.1) is 0 Å². The molecule has 2 heteroatoms. The molecule has 2 fully saturated rings. The van der Waals surface area contributed by atoms with Crippen molar-refractivity contribution in [2.75, 3.05) is 6.61 Å². The van der Waals surface area contributed by atoms with Crippen LogP contribution in [0.1, 0.15) is 26.2 Å². The summed E-state index contributed by atoms with van der Waals surface area (Å²) >= 11 is 0. The SMILES string of the molecule is CC1OCC2CCC(C2)C1=O. The zero-order chi connectivity index (χ0) is 7.84. The van der Waals surface area contributed by atoms with Gasteiger partial charge >= 0.3 is 0 Å². The number of hydrogen-bond acceptors (Lipinski definition) is 2. The minimum absolute atomic E-state index is 0.134. The van der Waals surface area contributed by atoms with Gasteiger partial charge in [-0.2, -0.15) is 0 Å². The predicted octanol–water partition coefficient (Wildman–Crippen LogP) is 1.39. The number of ketones is 1. The summed E-state index contributed by atoms with van der Waals surface area (Å²) in [6, 6.07) is 0. The van der Waals surface area contributed by atoms with Crippen LogP contribution in [0.2, 0.25) is 0 Å². The largest absolute Gasteiger partial charge is 0.370 e. The standard InChI is InChI=1S/C9H14O2/c1-6-9(10)8-3-2-7(4-8)5-11-6/h6-8H,2-5H2,1H3. The third-order valence-electron chi connectivity index (χ3n) is 2.93. The lowest BCUT2D eigenvalue weighted by molar-refractivity contribution is -0.132. The smallest absolute Gasteiger partial charge is 0.164 e. The van der Waals surface area contributed by atoms with Crippen molar-refractivity contribution in [1.82, 2.24) is 0 Å². The summed E-state index contributed by atoms with van der Waals surface area (Å²) in [5.74, 6) is 1.34. The van der Waals surface area contributed by atoms with E-state index >= 15 is 0 Å². The molecule has 3 atom stereocenters. The first-order valence-electron chi connectivity index (χ1n) is 4.42. The van der Waals surface area contributed by atoms with Gasteiger partial charge in [0.25, 0.3) is 0 Å². The zero-order valence-electron chi connectivity index (χ0n) is 6.88. The molecule has 0 aromatic carbocycles. The van der Waals surface area contributed by atoms with Crippen molar-refractivity contribution in [1.29, 1.82) is 0 Å². The van der Waals surface area contributed by atoms with Gasteiger partial charge in [0.15, 0.2) is 5.78 Å². The second-order valence-electron chi connectivity index (χ2n) is 3.75. The second-order valence-corrected chi connectivity index (χ2v) is 3.75. The van der Waals surface area contributed by atoms with Crippen molar-refractivity contribution in [2.24, 2.45) is 11.8 Å². The Bertz CT molecular complexity index is 176. The topological polar surface area (TPSA) is 26.3 Å². The molecule has 0 radical (unpaired) electrons. The molecule has 2 nitrogen and oxygen atoms in total. The van der Waals surface area contributed by atoms with Crippen molar-refractivity contribution in [2.45, 2.75) is 32.3 Å². The molecule has 1 saturated heterocycles. The first-order valence-corrected chi connectivity index (χ1v) is 4.42. The van der Waals surface area contributed by atoms with Crippen molar-refractivity contribution in [3.8, 4) is 0 Å². The Morgan fingerprint density at radius 2 is 2.27 bits per heavy atom. The molecule has 1 heterocycles. The summed E-state index contributed by atoms with van der Waals surface area (Å²) in [4.78, 5) is 11.5. The highest BCUT2D eigenvalue weighted by atomic mass is 16.5. The summed E-state index contributed by atoms with van der Waals surface area (Å²) in [7, 11) is 0. The molecule has 62 valence electrons. The highest BCUT2D eigenvalue weighted by Crippen LogP contribution is 2.35. The molecule has 3 unspecified atom stereocenters. The highest BCUT2D eigenvalue weighted by molar-refractivity contribution is 5.85. The van der Waals surface area contributed by atoms with Gasteiger partial charge in [0.2, 0.25) is 0 Å². The molecule has 1 saturated carbocycles. The summed E-state index contributed by atoms with van der Waals surface area (Å²) in [5, 5.41) is 0. The number of carbonyl (C=O) groups is 1. The molecule has 0 N–H and O–H groups in total. The van der Waals surface area contributed by atoms with Gasteiger partial charge in [-0.25, -0.2) is 0 Å². The molecule has 0 spiro atoms. The Balaban J connectivity index is 2.14. The Morgan fingerprint density at radius 1 is 1.45 bits per heavy atom. The van der Waals surface area contributed by atoms with E-state index in [9.17, 15) is 4.79 Å². The van der Waals surface area contributed by atoms with E-state index in [1.165, 1.54) is 6.42 Å². The third-order valence-corrected chi connectivity index (χ3v) is 2.93. The molecule has 2 aliphatic rings. The Labute approximate surface area is 66.9 Å². The fourth-order valence-electron chi connectivity index (χ4n) is 2.18. The average Bonchev–Trinajstić information content (AvgIpc) is 2.41. The van der Waals surface area contributed by atoms with E-state index in [4.69, 9.17) is 4.74 Å². The zero-order valence-corrected chi connectivity index (χ0v) is 6.88. The van der Waals surface area contributed by atoms with Crippen molar-refractivity contribution in [3.05, 3.63) is 0 Å². The maximum atomic E-state index is 11.5. The second kappa shape index (κ2) is 2.59. The maximum Gasteiger partial charge on any atom is 0.164 e. The minimum Gasteiger partial charge on any atom is -0.370 e. The highest BCUT2D eigenvalue weighted by Gasteiger charge is 2.36. The van der Waals surface area contributed by atoms with E-state index in [0.29, 0.717) is 17.6 Å². The van der Waals surface area contributed by atoms with Crippen LogP contribution in [0.25, 0.3) is 0 Å². The van der Waals surface area contributed by atoms with E-state index in [2.05, 4.69) is 0 Å². The Kier molecular flexibility index (Phi) is 1.72. The fraction of sp³-hybridized carbons (Fsp3) is 0.889. The molecule has 2 bridgehead atoms. The number of ether oxygens (including phenoxy) is 1. The fourth-order valence-corrected chi connectivity index (χ4v) is 2.18. The molecule has 0 aromatic rings. The molecule has 0 amide bonds. The van der Waals surface area contributed by atoms with E-state index in [-0.39, 0.29) is 6.10 Å². The van der Waals surface area contributed by atoms with Crippen molar-refractivity contribution in [3.63, 3.8) is 0 Å². The van der Waals surface area contributed by atoms with Crippen LogP contribution in [0.4, 0.5) is 0 Å². The van der Waals surface area contributed by atoms with E-state index in [0.717, 1.165) is 19.4 Å². The summed E-state index contributed by atoms with van der Waals surface area (Å²) in [6.45, 7) is 2.69. The van der Waals surface area contributed by atoms with Crippen LogP contribution >= 0.6 is 0 Å². The predicted molar refractivity (Wildman–Crippen MR) is 41.3 cm³/mol. The number of rotatable bonds is 0. The maximum absolute atomic E-state index is 11.5. The van der Waals surface area contributed by atoms with Gasteiger partial charge < -0.3 is 4.74 Å². The monoisotopic (exact) mass is 154 g/mol. The van der Waals surface area contributed by atoms with Crippen molar-refractivity contribution >= 4 is 5.78 Å². The molecule has 1 aliphatic carbocycles. The number of Topliss-reactive ketones (excluding diaryl/α,β-unsaturated/α-hetero) is 1. The normalized spacial score (nSPS) is 44.1. The quantitative estimate of drug-likeness (QED) is 0.527. The van der Waals surface area contributed by atoms with E-state index < -0.39 is 0 Å². The number of carbonyl (C=O) groups excluding carboxylic acids is 1.